The molecule has 1 N–H and O–H groups in total. The Kier molecular flexibility index (Phi) is 5.08. The lowest BCUT2D eigenvalue weighted by atomic mass is 9.85. The van der Waals surface area contributed by atoms with Crippen molar-refractivity contribution in [3.05, 3.63) is 40.9 Å². The summed E-state index contributed by atoms with van der Waals surface area (Å²) in [6, 6.07) is 4.30. The monoisotopic (exact) mass is 376 g/mol. The molecule has 1 fully saturated rings. The third kappa shape index (κ3) is 3.35. The zero-order valence-electron chi connectivity index (χ0n) is 14.0. The maximum atomic E-state index is 12.4. The highest BCUT2D eigenvalue weighted by Gasteiger charge is 2.47. The molecule has 2 unspecified atom stereocenters. The predicted molar refractivity (Wildman–Crippen MR) is 93.5 cm³/mol. The lowest BCUT2D eigenvalue weighted by Crippen LogP contribution is -2.38. The minimum atomic E-state index is -0.571. The first-order valence-electron chi connectivity index (χ1n) is 8.10. The molecule has 2 atom stereocenters. The van der Waals surface area contributed by atoms with E-state index >= 15 is 0 Å². The van der Waals surface area contributed by atoms with E-state index in [9.17, 15) is 19.2 Å². The van der Waals surface area contributed by atoms with Gasteiger partial charge in [0.1, 0.15) is 6.54 Å². The summed E-state index contributed by atoms with van der Waals surface area (Å²) in [6.45, 7) is -0.385. The number of likely N-dealkylation sites (tertiary alicyclic amines) is 1. The molecule has 8 heteroatoms. The van der Waals surface area contributed by atoms with E-state index in [1.165, 1.54) is 25.3 Å². The molecule has 136 valence electrons. The van der Waals surface area contributed by atoms with Crippen molar-refractivity contribution in [1.82, 2.24) is 4.90 Å². The van der Waals surface area contributed by atoms with Crippen LogP contribution in [0.1, 0.15) is 23.2 Å². The zero-order chi connectivity index (χ0) is 18.8. The molecule has 1 saturated heterocycles. The van der Waals surface area contributed by atoms with Gasteiger partial charge >= 0.3 is 5.97 Å². The molecule has 2 aliphatic rings. The molecular weight excluding hydrogens is 360 g/mol. The van der Waals surface area contributed by atoms with Gasteiger partial charge in [0, 0.05) is 0 Å². The Labute approximate surface area is 154 Å². The third-order valence-electron chi connectivity index (χ3n) is 4.56. The number of nitrogens with zero attached hydrogens (tertiary/aromatic N) is 1. The van der Waals surface area contributed by atoms with Crippen molar-refractivity contribution in [3.63, 3.8) is 0 Å². The van der Waals surface area contributed by atoms with Crippen molar-refractivity contribution in [1.29, 1.82) is 0 Å². The van der Waals surface area contributed by atoms with Crippen molar-refractivity contribution >= 4 is 41.0 Å². The van der Waals surface area contributed by atoms with Gasteiger partial charge in [-0.15, -0.1) is 0 Å². The van der Waals surface area contributed by atoms with Crippen LogP contribution in [0, 0.1) is 11.8 Å². The molecule has 3 amide bonds. The van der Waals surface area contributed by atoms with E-state index in [2.05, 4.69) is 10.1 Å². The number of benzene rings is 1. The van der Waals surface area contributed by atoms with Crippen molar-refractivity contribution in [2.45, 2.75) is 12.8 Å². The van der Waals surface area contributed by atoms with Gasteiger partial charge in [0.15, 0.2) is 0 Å². The minimum absolute atomic E-state index is 0.206. The predicted octanol–water partition coefficient (Wildman–Crippen LogP) is 2.02. The normalized spacial score (nSPS) is 21.5. The van der Waals surface area contributed by atoms with Gasteiger partial charge in [0.2, 0.25) is 17.7 Å². The fraction of sp³-hybridized carbons (Fsp3) is 0.333. The highest BCUT2D eigenvalue weighted by molar-refractivity contribution is 6.34. The zero-order valence-corrected chi connectivity index (χ0v) is 14.8. The van der Waals surface area contributed by atoms with E-state index in [1.54, 1.807) is 0 Å². The summed E-state index contributed by atoms with van der Waals surface area (Å²) < 4.78 is 4.63. The van der Waals surface area contributed by atoms with Crippen LogP contribution in [0.25, 0.3) is 0 Å². The topological polar surface area (TPSA) is 92.8 Å². The number of allylic oxidation sites excluding steroid dienone is 2. The first-order chi connectivity index (χ1) is 12.4. The van der Waals surface area contributed by atoms with Gasteiger partial charge < -0.3 is 10.1 Å². The van der Waals surface area contributed by atoms with Gasteiger partial charge in [-0.3, -0.25) is 19.3 Å². The average Bonchev–Trinajstić information content (AvgIpc) is 2.88. The summed E-state index contributed by atoms with van der Waals surface area (Å²) in [4.78, 5) is 49.7. The SMILES string of the molecule is COC(=O)c1ccc(Cl)c(NC(=O)CN2C(=O)C3CC=CCC3C2=O)c1. The third-order valence-corrected chi connectivity index (χ3v) is 4.89. The van der Waals surface area contributed by atoms with E-state index < -0.39 is 11.9 Å². The Hall–Kier alpha value is -2.67. The second kappa shape index (κ2) is 7.29. The van der Waals surface area contributed by atoms with Crippen LogP contribution >= 0.6 is 11.6 Å². The molecule has 7 nitrogen and oxygen atoms in total. The average molecular weight is 377 g/mol. The number of esters is 1. The molecule has 0 radical (unpaired) electrons. The highest BCUT2D eigenvalue weighted by Crippen LogP contribution is 2.35. The summed E-state index contributed by atoms with van der Waals surface area (Å²) >= 11 is 6.04. The number of halogens is 1. The number of carbonyl (C=O) groups excluding carboxylic acids is 4. The van der Waals surface area contributed by atoms with Crippen molar-refractivity contribution in [3.8, 4) is 0 Å². The quantitative estimate of drug-likeness (QED) is 0.493. The molecule has 26 heavy (non-hydrogen) atoms. The van der Waals surface area contributed by atoms with Crippen molar-refractivity contribution in [2.75, 3.05) is 19.0 Å². The maximum absolute atomic E-state index is 12.4. The molecule has 1 aromatic carbocycles. The number of methoxy groups -OCH3 is 1. The number of carbonyl (C=O) groups is 4. The standard InChI is InChI=1S/C18H17ClN2O5/c1-26-18(25)10-6-7-13(19)14(8-10)20-15(22)9-21-16(23)11-4-2-3-5-12(11)17(21)24/h2-3,6-8,11-12H,4-5,9H2,1H3,(H,20,22). The van der Waals surface area contributed by atoms with Crippen LogP contribution in [0.4, 0.5) is 5.69 Å². The maximum Gasteiger partial charge on any atom is 0.337 e. The largest absolute Gasteiger partial charge is 0.465 e. The fourth-order valence-electron chi connectivity index (χ4n) is 3.22. The van der Waals surface area contributed by atoms with Gasteiger partial charge in [-0.1, -0.05) is 23.8 Å². The molecule has 3 rings (SSSR count). The van der Waals surface area contributed by atoms with Crippen LogP contribution in [-0.2, 0) is 19.1 Å². The lowest BCUT2D eigenvalue weighted by Gasteiger charge is -2.15. The van der Waals surface area contributed by atoms with E-state index in [1.807, 2.05) is 12.2 Å². The molecule has 0 bridgehead atoms. The summed E-state index contributed by atoms with van der Waals surface area (Å²) in [6.07, 6.45) is 4.79. The molecule has 0 saturated carbocycles. The molecular formula is C18H17ClN2O5. The number of rotatable bonds is 4. The van der Waals surface area contributed by atoms with Gasteiger partial charge in [-0.2, -0.15) is 0 Å². The van der Waals surface area contributed by atoms with Crippen LogP contribution in [0.2, 0.25) is 5.02 Å². The smallest absolute Gasteiger partial charge is 0.337 e. The highest BCUT2D eigenvalue weighted by atomic mass is 35.5. The minimum Gasteiger partial charge on any atom is -0.465 e. The second-order valence-electron chi connectivity index (χ2n) is 6.15. The van der Waals surface area contributed by atoms with Crippen LogP contribution in [-0.4, -0.2) is 42.2 Å². The Morgan fingerprint density at radius 2 is 1.81 bits per heavy atom. The first-order valence-corrected chi connectivity index (χ1v) is 8.48. The number of hydrogen-bond acceptors (Lipinski definition) is 5. The Balaban J connectivity index is 1.71. The van der Waals surface area contributed by atoms with E-state index in [-0.39, 0.29) is 46.5 Å². The first kappa shape index (κ1) is 18.1. The molecule has 1 aliphatic carbocycles. The molecule has 1 aromatic rings. The number of nitrogens with one attached hydrogen (secondary N) is 1. The van der Waals surface area contributed by atoms with Gasteiger partial charge in [-0.05, 0) is 31.0 Å². The summed E-state index contributed by atoms with van der Waals surface area (Å²) in [5, 5.41) is 2.76. The Morgan fingerprint density at radius 3 is 2.38 bits per heavy atom. The number of ether oxygens (including phenoxy) is 1. The molecule has 0 spiro atoms. The van der Waals surface area contributed by atoms with E-state index in [4.69, 9.17) is 11.6 Å². The van der Waals surface area contributed by atoms with Crippen molar-refractivity contribution < 1.29 is 23.9 Å². The lowest BCUT2D eigenvalue weighted by molar-refractivity contribution is -0.142. The number of hydrogen-bond donors (Lipinski definition) is 1. The number of anilines is 1. The van der Waals surface area contributed by atoms with Gasteiger partial charge in [-0.25, -0.2) is 4.79 Å². The molecule has 1 heterocycles. The number of amides is 3. The van der Waals surface area contributed by atoms with Crippen LogP contribution in [0.15, 0.2) is 30.4 Å². The van der Waals surface area contributed by atoms with E-state index in [0.29, 0.717) is 12.8 Å². The number of imide groups is 1. The van der Waals surface area contributed by atoms with Crippen LogP contribution in [0.3, 0.4) is 0 Å². The summed E-state index contributed by atoms with van der Waals surface area (Å²) in [7, 11) is 1.24. The Bertz CT molecular complexity index is 794. The summed E-state index contributed by atoms with van der Waals surface area (Å²) in [5.74, 6) is -2.55. The number of fused-ring (bicyclic) bond motifs is 1. The summed E-state index contributed by atoms with van der Waals surface area (Å²) in [5.41, 5.74) is 0.426. The molecule has 1 aliphatic heterocycles. The van der Waals surface area contributed by atoms with Gasteiger partial charge in [0.05, 0.1) is 35.2 Å². The van der Waals surface area contributed by atoms with E-state index in [0.717, 1.165) is 4.90 Å². The Morgan fingerprint density at radius 1 is 1.19 bits per heavy atom. The van der Waals surface area contributed by atoms with Gasteiger partial charge in [0.25, 0.3) is 0 Å². The fourth-order valence-corrected chi connectivity index (χ4v) is 3.39. The second-order valence-corrected chi connectivity index (χ2v) is 6.56. The van der Waals surface area contributed by atoms with Crippen LogP contribution in [0.5, 0.6) is 0 Å². The van der Waals surface area contributed by atoms with Crippen LogP contribution < -0.4 is 5.32 Å². The molecule has 0 aromatic heterocycles. The van der Waals surface area contributed by atoms with Crippen molar-refractivity contribution in [2.24, 2.45) is 11.8 Å².